The van der Waals surface area contributed by atoms with Crippen molar-refractivity contribution in [1.29, 1.82) is 0 Å². The minimum Gasteiger partial charge on any atom is -0.398 e. The van der Waals surface area contributed by atoms with Crippen LogP contribution in [0.4, 0.5) is 10.1 Å². The molecule has 0 aliphatic heterocycles. The first-order chi connectivity index (χ1) is 10.1. The summed E-state index contributed by atoms with van der Waals surface area (Å²) < 4.78 is 27.5. The molecule has 1 fully saturated rings. The van der Waals surface area contributed by atoms with Crippen molar-refractivity contribution < 1.29 is 8.60 Å². The molecule has 0 radical (unpaired) electrons. The summed E-state index contributed by atoms with van der Waals surface area (Å²) in [5.41, 5.74) is 6.87. The van der Waals surface area contributed by atoms with Crippen molar-refractivity contribution in [2.45, 2.75) is 42.4 Å². The van der Waals surface area contributed by atoms with E-state index in [0.29, 0.717) is 16.6 Å². The van der Waals surface area contributed by atoms with Gasteiger partial charge in [-0.3, -0.25) is 8.89 Å². The van der Waals surface area contributed by atoms with Gasteiger partial charge in [0.05, 0.1) is 33.2 Å². The van der Waals surface area contributed by atoms with Gasteiger partial charge in [0.15, 0.2) is 0 Å². The van der Waals surface area contributed by atoms with Gasteiger partial charge in [-0.2, -0.15) is 5.10 Å². The molecule has 1 saturated carbocycles. The number of nitrogens with zero attached hydrogens (tertiary/aromatic N) is 2. The average molecular weight is 307 g/mol. The van der Waals surface area contributed by atoms with Gasteiger partial charge in [-0.1, -0.05) is 12.8 Å². The van der Waals surface area contributed by atoms with Crippen LogP contribution in [-0.4, -0.2) is 14.0 Å². The van der Waals surface area contributed by atoms with Gasteiger partial charge < -0.3 is 5.73 Å². The van der Waals surface area contributed by atoms with Crippen LogP contribution in [-0.2, 0) is 16.6 Å². The van der Waals surface area contributed by atoms with Gasteiger partial charge in [-0.15, -0.1) is 0 Å². The van der Waals surface area contributed by atoms with Crippen molar-refractivity contribution >= 4 is 16.5 Å². The van der Waals surface area contributed by atoms with Gasteiger partial charge in [0.2, 0.25) is 0 Å². The minimum absolute atomic E-state index is 0.257. The van der Waals surface area contributed by atoms with Crippen LogP contribution in [0.2, 0.25) is 0 Å². The Morgan fingerprint density at radius 2 is 2.10 bits per heavy atom. The van der Waals surface area contributed by atoms with E-state index in [4.69, 9.17) is 5.73 Å². The number of nitrogen functional groups attached to an aromatic ring is 1. The molecule has 0 spiro atoms. The van der Waals surface area contributed by atoms with Gasteiger partial charge >= 0.3 is 0 Å². The molecule has 4 nitrogen and oxygen atoms in total. The number of rotatable bonds is 4. The highest BCUT2D eigenvalue weighted by molar-refractivity contribution is 7.84. The van der Waals surface area contributed by atoms with Crippen LogP contribution < -0.4 is 5.73 Å². The second-order valence-corrected chi connectivity index (χ2v) is 6.82. The SMILES string of the molecule is Nc1ccc(F)cc1S(=O)Cc1ccn(C2CCCC2)n1. The molecule has 0 bridgehead atoms. The molecule has 1 aromatic carbocycles. The highest BCUT2D eigenvalue weighted by atomic mass is 32.2. The van der Waals surface area contributed by atoms with Crippen molar-refractivity contribution in [3.63, 3.8) is 0 Å². The summed E-state index contributed by atoms with van der Waals surface area (Å²) in [6.45, 7) is 0. The smallest absolute Gasteiger partial charge is 0.124 e. The van der Waals surface area contributed by atoms with Crippen molar-refractivity contribution in [1.82, 2.24) is 9.78 Å². The average Bonchev–Trinajstić information content (AvgIpc) is 3.11. The Bertz CT molecular complexity index is 665. The normalized spacial score (nSPS) is 17.2. The summed E-state index contributed by atoms with van der Waals surface area (Å²) in [6, 6.07) is 6.29. The molecule has 3 rings (SSSR count). The van der Waals surface area contributed by atoms with E-state index in [1.807, 2.05) is 16.9 Å². The topological polar surface area (TPSA) is 60.9 Å². The number of hydrogen-bond acceptors (Lipinski definition) is 3. The molecule has 2 aromatic rings. The summed E-state index contributed by atoms with van der Waals surface area (Å²) in [7, 11) is -1.39. The summed E-state index contributed by atoms with van der Waals surface area (Å²) in [6.07, 6.45) is 6.73. The Kier molecular flexibility index (Phi) is 4.05. The van der Waals surface area contributed by atoms with Gasteiger partial charge in [0.1, 0.15) is 5.82 Å². The summed E-state index contributed by atoms with van der Waals surface area (Å²) in [5, 5.41) is 4.50. The molecule has 1 aromatic heterocycles. The van der Waals surface area contributed by atoms with Crippen LogP contribution >= 0.6 is 0 Å². The van der Waals surface area contributed by atoms with Crippen LogP contribution in [0.3, 0.4) is 0 Å². The Hall–Kier alpha value is -1.69. The van der Waals surface area contributed by atoms with Gasteiger partial charge in [-0.05, 0) is 37.1 Å². The van der Waals surface area contributed by atoms with E-state index in [0.717, 1.165) is 18.5 Å². The van der Waals surface area contributed by atoms with Crippen molar-refractivity contribution in [2.75, 3.05) is 5.73 Å². The lowest BCUT2D eigenvalue weighted by atomic mass is 10.3. The first-order valence-electron chi connectivity index (χ1n) is 7.11. The molecular weight excluding hydrogens is 289 g/mol. The minimum atomic E-state index is -1.39. The maximum atomic E-state index is 13.2. The molecule has 0 saturated heterocycles. The number of halogens is 1. The fraction of sp³-hybridized carbons (Fsp3) is 0.400. The van der Waals surface area contributed by atoms with E-state index < -0.39 is 16.6 Å². The van der Waals surface area contributed by atoms with E-state index >= 15 is 0 Å². The van der Waals surface area contributed by atoms with Crippen molar-refractivity contribution in [2.24, 2.45) is 0 Å². The number of hydrogen-bond donors (Lipinski definition) is 1. The lowest BCUT2D eigenvalue weighted by molar-refractivity contribution is 0.464. The maximum Gasteiger partial charge on any atom is 0.124 e. The zero-order chi connectivity index (χ0) is 14.8. The van der Waals surface area contributed by atoms with Crippen LogP contribution in [0.15, 0.2) is 35.4 Å². The molecule has 112 valence electrons. The van der Waals surface area contributed by atoms with Crippen molar-refractivity contribution in [3.05, 3.63) is 42.0 Å². The van der Waals surface area contributed by atoms with Crippen LogP contribution in [0.25, 0.3) is 0 Å². The lowest BCUT2D eigenvalue weighted by Crippen LogP contribution is -2.07. The number of benzene rings is 1. The second kappa shape index (κ2) is 5.97. The standard InChI is InChI=1S/C15H18FN3OS/c16-11-5-6-14(17)15(9-11)21(20)10-12-7-8-19(18-12)13-3-1-2-4-13/h5-9,13H,1-4,10,17H2. The Labute approximate surface area is 125 Å². The van der Waals surface area contributed by atoms with Crippen LogP contribution in [0, 0.1) is 5.82 Å². The number of nitrogens with two attached hydrogens (primary N) is 1. The Morgan fingerprint density at radius 1 is 1.33 bits per heavy atom. The summed E-state index contributed by atoms with van der Waals surface area (Å²) in [4.78, 5) is 0.338. The molecule has 1 heterocycles. The van der Waals surface area contributed by atoms with E-state index in [1.165, 1.54) is 31.0 Å². The van der Waals surface area contributed by atoms with Crippen molar-refractivity contribution in [3.8, 4) is 0 Å². The zero-order valence-electron chi connectivity index (χ0n) is 11.7. The van der Waals surface area contributed by atoms with Gasteiger partial charge in [0.25, 0.3) is 0 Å². The summed E-state index contributed by atoms with van der Waals surface area (Å²) in [5.74, 6) is -0.170. The van der Waals surface area contributed by atoms with Crippen LogP contribution in [0.5, 0.6) is 0 Å². The quantitative estimate of drug-likeness (QED) is 0.883. The largest absolute Gasteiger partial charge is 0.398 e. The fourth-order valence-electron chi connectivity index (χ4n) is 2.74. The first kappa shape index (κ1) is 14.3. The second-order valence-electron chi connectivity index (χ2n) is 5.40. The summed E-state index contributed by atoms with van der Waals surface area (Å²) >= 11 is 0. The molecular formula is C15H18FN3OS. The fourth-order valence-corrected chi connectivity index (χ4v) is 3.90. The third-order valence-corrected chi connectivity index (χ3v) is 5.26. The number of anilines is 1. The third-order valence-electron chi connectivity index (χ3n) is 3.86. The third kappa shape index (κ3) is 3.15. The zero-order valence-corrected chi connectivity index (χ0v) is 12.5. The van der Waals surface area contributed by atoms with Gasteiger partial charge in [-0.25, -0.2) is 4.39 Å². The van der Waals surface area contributed by atoms with E-state index in [-0.39, 0.29) is 5.75 Å². The number of aromatic nitrogens is 2. The Morgan fingerprint density at radius 3 is 2.86 bits per heavy atom. The molecule has 1 aliphatic rings. The van der Waals surface area contributed by atoms with Gasteiger partial charge in [0, 0.05) is 11.9 Å². The molecule has 6 heteroatoms. The monoisotopic (exact) mass is 307 g/mol. The molecule has 2 N–H and O–H groups in total. The first-order valence-corrected chi connectivity index (χ1v) is 8.43. The lowest BCUT2D eigenvalue weighted by Gasteiger charge is -2.09. The predicted molar refractivity (Wildman–Crippen MR) is 80.7 cm³/mol. The molecule has 21 heavy (non-hydrogen) atoms. The van der Waals surface area contributed by atoms with E-state index in [9.17, 15) is 8.60 Å². The van der Waals surface area contributed by atoms with E-state index in [2.05, 4.69) is 5.10 Å². The van der Waals surface area contributed by atoms with Crippen LogP contribution in [0.1, 0.15) is 37.4 Å². The molecule has 0 amide bonds. The molecule has 1 aliphatic carbocycles. The molecule has 1 unspecified atom stereocenters. The Balaban J connectivity index is 1.74. The maximum absolute atomic E-state index is 13.2. The molecule has 1 atom stereocenters. The highest BCUT2D eigenvalue weighted by Gasteiger charge is 2.18. The van der Waals surface area contributed by atoms with E-state index in [1.54, 1.807) is 0 Å². The highest BCUT2D eigenvalue weighted by Crippen LogP contribution is 2.29. The predicted octanol–water partition coefficient (Wildman–Crippen LogP) is 3.03.